The fourth-order valence-electron chi connectivity index (χ4n) is 1.67. The summed E-state index contributed by atoms with van der Waals surface area (Å²) in [6.07, 6.45) is 12.8. The standard InChI is InChI=1S/2C11H17N/c2*1-4-10(2)6-5-7-11(3)8-9-12/h6-7H,4-5,8H2,1-3H3;6H,3-5,7-8H2,1-2H3/b10-6+,11-7-;10-6+. The molecule has 0 saturated heterocycles. The Morgan fingerprint density at radius 2 is 1.33 bits per heavy atom. The van der Waals surface area contributed by atoms with E-state index < -0.39 is 0 Å². The fourth-order valence-corrected chi connectivity index (χ4v) is 1.67. The van der Waals surface area contributed by atoms with Gasteiger partial charge in [-0.1, -0.05) is 60.9 Å². The number of hydrogen-bond donors (Lipinski definition) is 0. The molecule has 132 valence electrons. The molecule has 0 N–H and O–H groups in total. The van der Waals surface area contributed by atoms with Gasteiger partial charge in [-0.05, 0) is 52.9 Å². The van der Waals surface area contributed by atoms with E-state index in [-0.39, 0.29) is 0 Å². The van der Waals surface area contributed by atoms with Crippen molar-refractivity contribution in [1.29, 1.82) is 10.5 Å². The van der Waals surface area contributed by atoms with Gasteiger partial charge in [-0.3, -0.25) is 0 Å². The van der Waals surface area contributed by atoms with Crippen LogP contribution in [0.3, 0.4) is 0 Å². The van der Waals surface area contributed by atoms with Crippen molar-refractivity contribution in [2.75, 3.05) is 0 Å². The first-order chi connectivity index (χ1) is 11.4. The van der Waals surface area contributed by atoms with E-state index in [4.69, 9.17) is 10.5 Å². The van der Waals surface area contributed by atoms with Gasteiger partial charge in [-0.15, -0.1) is 0 Å². The van der Waals surface area contributed by atoms with Crippen molar-refractivity contribution in [1.82, 2.24) is 0 Å². The number of allylic oxidation sites excluding steroid dienone is 7. The first-order valence-corrected chi connectivity index (χ1v) is 8.78. The molecule has 0 heterocycles. The molecule has 0 aliphatic rings. The first-order valence-electron chi connectivity index (χ1n) is 8.78. The quantitative estimate of drug-likeness (QED) is 0.421. The minimum Gasteiger partial charge on any atom is -0.198 e. The molecule has 0 aliphatic carbocycles. The normalized spacial score (nSPS) is 11.9. The molecule has 0 aromatic carbocycles. The van der Waals surface area contributed by atoms with Crippen molar-refractivity contribution in [2.24, 2.45) is 0 Å². The van der Waals surface area contributed by atoms with Crippen LogP contribution in [0.1, 0.15) is 79.6 Å². The molecule has 0 aromatic heterocycles. The Labute approximate surface area is 149 Å². The molecule has 0 amide bonds. The summed E-state index contributed by atoms with van der Waals surface area (Å²) in [5.41, 5.74) is 5.03. The molecule has 0 aromatic rings. The zero-order chi connectivity index (χ0) is 18.8. The van der Waals surface area contributed by atoms with E-state index in [0.717, 1.165) is 43.3 Å². The predicted molar refractivity (Wildman–Crippen MR) is 105 cm³/mol. The van der Waals surface area contributed by atoms with Crippen LogP contribution in [0.25, 0.3) is 0 Å². The van der Waals surface area contributed by atoms with Crippen molar-refractivity contribution in [3.63, 3.8) is 0 Å². The number of nitriles is 2. The number of hydrogen-bond acceptors (Lipinski definition) is 2. The molecule has 0 unspecified atom stereocenters. The minimum atomic E-state index is 0.499. The highest BCUT2D eigenvalue weighted by atomic mass is 14.2. The summed E-state index contributed by atoms with van der Waals surface area (Å²) in [5, 5.41) is 16.8. The Kier molecular flexibility index (Phi) is 17.4. The van der Waals surface area contributed by atoms with E-state index in [9.17, 15) is 0 Å². The van der Waals surface area contributed by atoms with Gasteiger partial charge in [-0.2, -0.15) is 10.5 Å². The Balaban J connectivity index is 0. The Morgan fingerprint density at radius 3 is 1.83 bits per heavy atom. The molecule has 24 heavy (non-hydrogen) atoms. The second-order valence-corrected chi connectivity index (χ2v) is 6.05. The van der Waals surface area contributed by atoms with E-state index in [1.807, 2.05) is 6.92 Å². The predicted octanol–water partition coefficient (Wildman–Crippen LogP) is 7.19. The average Bonchev–Trinajstić information content (AvgIpc) is 2.55. The zero-order valence-electron chi connectivity index (χ0n) is 16.3. The maximum atomic E-state index is 8.39. The second-order valence-electron chi connectivity index (χ2n) is 6.05. The van der Waals surface area contributed by atoms with Gasteiger partial charge in [0.15, 0.2) is 0 Å². The summed E-state index contributed by atoms with van der Waals surface area (Å²) in [4.78, 5) is 0. The van der Waals surface area contributed by atoms with Gasteiger partial charge < -0.3 is 0 Å². The van der Waals surface area contributed by atoms with Crippen molar-refractivity contribution in [3.05, 3.63) is 47.1 Å². The lowest BCUT2D eigenvalue weighted by molar-refractivity contribution is 0.930. The van der Waals surface area contributed by atoms with Crippen molar-refractivity contribution >= 4 is 0 Å². The van der Waals surface area contributed by atoms with Crippen LogP contribution < -0.4 is 0 Å². The smallest absolute Gasteiger partial charge is 0.0666 e. The molecule has 0 fully saturated rings. The minimum absolute atomic E-state index is 0.499. The van der Waals surface area contributed by atoms with Crippen LogP contribution >= 0.6 is 0 Å². The van der Waals surface area contributed by atoms with E-state index >= 15 is 0 Å². The highest BCUT2D eigenvalue weighted by Crippen LogP contribution is 2.09. The third kappa shape index (κ3) is 18.0. The van der Waals surface area contributed by atoms with Crippen LogP contribution in [0.5, 0.6) is 0 Å². The lowest BCUT2D eigenvalue weighted by Gasteiger charge is -1.98. The van der Waals surface area contributed by atoms with Crippen molar-refractivity contribution in [3.8, 4) is 12.1 Å². The van der Waals surface area contributed by atoms with E-state index in [0.29, 0.717) is 12.8 Å². The van der Waals surface area contributed by atoms with E-state index in [1.165, 1.54) is 11.1 Å². The third-order valence-electron chi connectivity index (χ3n) is 3.73. The molecule has 0 radical (unpaired) electrons. The topological polar surface area (TPSA) is 47.6 Å². The largest absolute Gasteiger partial charge is 0.198 e. The summed E-state index contributed by atoms with van der Waals surface area (Å²) >= 11 is 0. The van der Waals surface area contributed by atoms with Crippen LogP contribution in [0, 0.1) is 22.7 Å². The Bertz CT molecular complexity index is 519. The molecule has 2 nitrogen and oxygen atoms in total. The highest BCUT2D eigenvalue weighted by molar-refractivity contribution is 5.09. The summed E-state index contributed by atoms with van der Waals surface area (Å²) in [7, 11) is 0. The maximum Gasteiger partial charge on any atom is 0.0666 e. The van der Waals surface area contributed by atoms with Gasteiger partial charge in [0, 0.05) is 0 Å². The molecule has 0 spiro atoms. The maximum absolute atomic E-state index is 8.39. The third-order valence-corrected chi connectivity index (χ3v) is 3.73. The van der Waals surface area contributed by atoms with Crippen LogP contribution in [0.4, 0.5) is 0 Å². The zero-order valence-corrected chi connectivity index (χ0v) is 16.3. The fraction of sp³-hybridized carbons (Fsp3) is 0.545. The van der Waals surface area contributed by atoms with Crippen molar-refractivity contribution in [2.45, 2.75) is 79.6 Å². The van der Waals surface area contributed by atoms with Crippen LogP contribution in [-0.2, 0) is 0 Å². The van der Waals surface area contributed by atoms with Gasteiger partial charge in [0.2, 0.25) is 0 Å². The van der Waals surface area contributed by atoms with Gasteiger partial charge >= 0.3 is 0 Å². The first kappa shape index (κ1) is 24.2. The highest BCUT2D eigenvalue weighted by Gasteiger charge is 1.91. The summed E-state index contributed by atoms with van der Waals surface area (Å²) in [5.74, 6) is 0. The summed E-state index contributed by atoms with van der Waals surface area (Å²) in [6, 6.07) is 4.23. The number of rotatable bonds is 9. The molecule has 0 bridgehead atoms. The van der Waals surface area contributed by atoms with Gasteiger partial charge in [0.25, 0.3) is 0 Å². The van der Waals surface area contributed by atoms with Gasteiger partial charge in [0.1, 0.15) is 0 Å². The second kappa shape index (κ2) is 17.3. The van der Waals surface area contributed by atoms with Gasteiger partial charge in [-0.25, -0.2) is 0 Å². The molecule has 0 aliphatic heterocycles. The SMILES string of the molecule is C=C(CC#N)CC/C=C(\C)CC.CC/C(C)=C/C/C=C(/C)CC#N. The lowest BCUT2D eigenvalue weighted by Crippen LogP contribution is -1.79. The van der Waals surface area contributed by atoms with E-state index in [1.54, 1.807) is 0 Å². The Hall–Kier alpha value is -2.06. The molecule has 0 rings (SSSR count). The average molecular weight is 327 g/mol. The molecule has 0 saturated carbocycles. The van der Waals surface area contributed by atoms with Crippen molar-refractivity contribution < 1.29 is 0 Å². The van der Waals surface area contributed by atoms with Crippen LogP contribution in [0.2, 0.25) is 0 Å². The van der Waals surface area contributed by atoms with E-state index in [2.05, 4.69) is 64.6 Å². The molecular weight excluding hydrogens is 292 g/mol. The Morgan fingerprint density at radius 1 is 0.833 bits per heavy atom. The summed E-state index contributed by atoms with van der Waals surface area (Å²) in [6.45, 7) is 14.4. The summed E-state index contributed by atoms with van der Waals surface area (Å²) < 4.78 is 0. The van der Waals surface area contributed by atoms with Gasteiger partial charge in [0.05, 0.1) is 25.0 Å². The lowest BCUT2D eigenvalue weighted by atomic mass is 10.1. The molecule has 2 heteroatoms. The monoisotopic (exact) mass is 326 g/mol. The molecule has 0 atom stereocenters. The number of nitrogens with zero attached hydrogens (tertiary/aromatic N) is 2. The van der Waals surface area contributed by atoms with Crippen LogP contribution in [0.15, 0.2) is 47.1 Å². The molecular formula is C22H34N2. The van der Waals surface area contributed by atoms with Crippen LogP contribution in [-0.4, -0.2) is 0 Å².